The number of rotatable bonds is 7. The van der Waals surface area contributed by atoms with Gasteiger partial charge in [-0.3, -0.25) is 14.5 Å². The van der Waals surface area contributed by atoms with Gasteiger partial charge in [0.1, 0.15) is 23.6 Å². The van der Waals surface area contributed by atoms with E-state index in [1.165, 1.54) is 15.5 Å². The van der Waals surface area contributed by atoms with Crippen LogP contribution in [0.3, 0.4) is 0 Å². The lowest BCUT2D eigenvalue weighted by atomic mass is 10.1. The first-order valence-electron chi connectivity index (χ1n) is 14.1. The molecule has 5 heterocycles. The third-order valence-electron chi connectivity index (χ3n) is 7.27. The molecule has 0 aliphatic carbocycles. The number of hydrogen-bond donors (Lipinski definition) is 3. The molecular weight excluding hydrogens is 590 g/mol. The molecule has 12 nitrogen and oxygen atoms in total. The van der Waals surface area contributed by atoms with Crippen molar-refractivity contribution in [1.82, 2.24) is 34.7 Å². The third kappa shape index (κ3) is 5.51. The van der Waals surface area contributed by atoms with Crippen LogP contribution in [0.25, 0.3) is 16.8 Å². The fraction of sp³-hybridized carbons (Fsp3) is 0.480. The van der Waals surface area contributed by atoms with Crippen molar-refractivity contribution in [1.29, 1.82) is 0 Å². The van der Waals surface area contributed by atoms with Crippen LogP contribution in [-0.2, 0) is 11.3 Å². The number of aromatic nitrogens is 4. The minimum absolute atomic E-state index is 0.00985. The van der Waals surface area contributed by atoms with E-state index >= 15 is 0 Å². The maximum Gasteiger partial charge on any atom is 0.426 e. The van der Waals surface area contributed by atoms with Crippen molar-refractivity contribution in [3.8, 4) is 17.1 Å². The Morgan fingerprint density at radius 1 is 1.26 bits per heavy atom. The highest BCUT2D eigenvalue weighted by molar-refractivity contribution is 5.98. The Labute approximate surface area is 243 Å². The van der Waals surface area contributed by atoms with Crippen LogP contribution in [0, 0.1) is 0 Å². The molecule has 2 saturated heterocycles. The minimum Gasteiger partial charge on any atom is -0.480 e. The number of nitrogens with two attached hydrogens (primary N) is 1. The average molecular weight is 620 g/mol. The molecule has 0 radical (unpaired) electrons. The van der Waals surface area contributed by atoms with Crippen LogP contribution >= 0.6 is 0 Å². The standard InChI is InChI=1S/C25H26F6N8O4/c1-23(42,25(29,30)31)22(41)38-7-15(26)16(8-38)36-20(40)14-3-12(5-33-21(14)43-2)17-4-13(6-37-9-24(27,28)10-37)18-19(32)34-11-35-39(17)18/h3-5,11,15-16,42H,6-10H2,1-2H3,(H,36,40)(H2,32,34,35)/t15-,16+,23?/m0/s1/i2D3. The molecule has 0 spiro atoms. The van der Waals surface area contributed by atoms with Gasteiger partial charge < -0.3 is 25.8 Å². The number of nitrogen functional groups attached to an aromatic ring is 1. The van der Waals surface area contributed by atoms with E-state index < -0.39 is 86.4 Å². The molecule has 0 aromatic carbocycles. The van der Waals surface area contributed by atoms with Crippen molar-refractivity contribution >= 4 is 23.1 Å². The number of ether oxygens (including phenoxy) is 1. The van der Waals surface area contributed by atoms with Gasteiger partial charge in [0.15, 0.2) is 5.82 Å². The zero-order valence-electron chi connectivity index (χ0n) is 25.2. The summed E-state index contributed by atoms with van der Waals surface area (Å²) in [7, 11) is -3.10. The first-order valence-corrected chi connectivity index (χ1v) is 12.6. The van der Waals surface area contributed by atoms with Crippen LogP contribution in [0.4, 0.5) is 32.2 Å². The minimum atomic E-state index is -5.36. The molecule has 18 heteroatoms. The Morgan fingerprint density at radius 3 is 2.63 bits per heavy atom. The van der Waals surface area contributed by atoms with E-state index in [1.807, 2.05) is 0 Å². The molecule has 1 unspecified atom stereocenters. The number of nitrogens with one attached hydrogen (secondary N) is 1. The lowest BCUT2D eigenvalue weighted by molar-refractivity contribution is -0.249. The second-order valence-electron chi connectivity index (χ2n) is 10.5. The highest BCUT2D eigenvalue weighted by Gasteiger charge is 2.58. The lowest BCUT2D eigenvalue weighted by Crippen LogP contribution is -2.56. The van der Waals surface area contributed by atoms with Crippen LogP contribution < -0.4 is 15.8 Å². The van der Waals surface area contributed by atoms with Crippen molar-refractivity contribution < 1.29 is 49.9 Å². The zero-order chi connectivity index (χ0) is 34.0. The van der Waals surface area contributed by atoms with E-state index in [0.29, 0.717) is 10.5 Å². The Hall–Kier alpha value is -4.19. The molecule has 232 valence electrons. The first-order chi connectivity index (χ1) is 21.2. The second-order valence-corrected chi connectivity index (χ2v) is 10.5. The van der Waals surface area contributed by atoms with Crippen molar-refractivity contribution in [3.63, 3.8) is 0 Å². The van der Waals surface area contributed by atoms with Crippen LogP contribution in [0.5, 0.6) is 5.88 Å². The molecule has 2 amide bonds. The molecular formula is C25H26F6N8O4. The predicted molar refractivity (Wildman–Crippen MR) is 137 cm³/mol. The molecule has 0 saturated carbocycles. The summed E-state index contributed by atoms with van der Waals surface area (Å²) in [6.07, 6.45) is -5.17. The van der Waals surface area contributed by atoms with Gasteiger partial charge in [0, 0.05) is 24.8 Å². The second kappa shape index (κ2) is 10.5. The number of pyridine rings is 1. The topological polar surface area (TPSA) is 151 Å². The van der Waals surface area contributed by atoms with Crippen LogP contribution in [-0.4, -0.2) is 109 Å². The van der Waals surface area contributed by atoms with Gasteiger partial charge in [-0.1, -0.05) is 0 Å². The summed E-state index contributed by atoms with van der Waals surface area (Å²) >= 11 is 0. The van der Waals surface area contributed by atoms with E-state index in [4.69, 9.17) is 14.6 Å². The quantitative estimate of drug-likeness (QED) is 0.334. The van der Waals surface area contributed by atoms with E-state index in [9.17, 15) is 41.0 Å². The molecule has 2 aliphatic heterocycles. The average Bonchev–Trinajstić information content (AvgIpc) is 3.46. The maximum absolute atomic E-state index is 14.9. The molecule has 3 aromatic rings. The summed E-state index contributed by atoms with van der Waals surface area (Å²) in [6.45, 7) is -2.36. The normalized spacial score (nSPS) is 23.2. The van der Waals surface area contributed by atoms with Crippen molar-refractivity contribution in [2.75, 3.05) is 39.0 Å². The lowest BCUT2D eigenvalue weighted by Gasteiger charge is -2.38. The number of hydrogen-bond acceptors (Lipinski definition) is 9. The number of nitrogens with zero attached hydrogens (tertiary/aromatic N) is 6. The molecule has 2 fully saturated rings. The number of aliphatic hydroxyl groups is 1. The van der Waals surface area contributed by atoms with Gasteiger partial charge in [0.25, 0.3) is 17.7 Å². The largest absolute Gasteiger partial charge is 0.480 e. The number of methoxy groups -OCH3 is 1. The van der Waals surface area contributed by atoms with Gasteiger partial charge in [-0.25, -0.2) is 27.7 Å². The molecule has 3 atom stereocenters. The Morgan fingerprint density at radius 2 is 1.98 bits per heavy atom. The van der Waals surface area contributed by atoms with Crippen molar-refractivity contribution in [3.05, 3.63) is 35.8 Å². The number of fused-ring (bicyclic) bond motifs is 1. The zero-order valence-corrected chi connectivity index (χ0v) is 22.2. The summed E-state index contributed by atoms with van der Waals surface area (Å²) in [6, 6.07) is 1.10. The summed E-state index contributed by atoms with van der Waals surface area (Å²) in [5.41, 5.74) is 2.77. The number of alkyl halides is 6. The maximum atomic E-state index is 14.9. The number of carbonyl (C=O) groups excluding carboxylic acids is 2. The van der Waals surface area contributed by atoms with Crippen molar-refractivity contribution in [2.45, 2.75) is 43.4 Å². The molecule has 4 N–H and O–H groups in total. The van der Waals surface area contributed by atoms with Gasteiger partial charge in [0.2, 0.25) is 11.5 Å². The summed E-state index contributed by atoms with van der Waals surface area (Å²) in [5.74, 6) is -6.52. The fourth-order valence-electron chi connectivity index (χ4n) is 5.01. The van der Waals surface area contributed by atoms with Crippen LogP contribution in [0.2, 0.25) is 0 Å². The van der Waals surface area contributed by atoms with Crippen LogP contribution in [0.1, 0.15) is 27.0 Å². The molecule has 3 aromatic heterocycles. The number of anilines is 1. The predicted octanol–water partition coefficient (Wildman–Crippen LogP) is 1.43. The number of likely N-dealkylation sites (tertiary alicyclic amines) is 2. The van der Waals surface area contributed by atoms with E-state index in [-0.39, 0.29) is 36.1 Å². The van der Waals surface area contributed by atoms with E-state index in [2.05, 4.69) is 20.4 Å². The molecule has 2 aliphatic rings. The fourth-order valence-corrected chi connectivity index (χ4v) is 5.01. The van der Waals surface area contributed by atoms with Gasteiger partial charge in [-0.05, 0) is 24.6 Å². The molecule has 5 rings (SSSR count). The third-order valence-corrected chi connectivity index (χ3v) is 7.27. The number of amides is 2. The van der Waals surface area contributed by atoms with E-state index in [0.717, 1.165) is 18.6 Å². The van der Waals surface area contributed by atoms with Gasteiger partial charge in [0.05, 0.1) is 42.5 Å². The van der Waals surface area contributed by atoms with Crippen molar-refractivity contribution in [2.24, 2.45) is 0 Å². The Balaban J connectivity index is 1.46. The first kappa shape index (κ1) is 26.4. The van der Waals surface area contributed by atoms with Gasteiger partial charge in [-0.2, -0.15) is 18.3 Å². The highest BCUT2D eigenvalue weighted by Crippen LogP contribution is 2.35. The summed E-state index contributed by atoms with van der Waals surface area (Å²) in [4.78, 5) is 35.5. The van der Waals surface area contributed by atoms with Crippen LogP contribution in [0.15, 0.2) is 24.7 Å². The molecule has 43 heavy (non-hydrogen) atoms. The number of halogens is 6. The Kier molecular flexibility index (Phi) is 6.46. The monoisotopic (exact) mass is 619 g/mol. The SMILES string of the molecule is [2H]C([2H])([2H])Oc1ncc(-c2cc(CN3CC(F)(F)C3)c3c(N)ncnn23)cc1C(=O)N[C@@H]1CN(C(=O)C(C)(O)C(F)(F)F)C[C@@H]1F. The summed E-state index contributed by atoms with van der Waals surface area (Å²) in [5, 5.41) is 16.1. The van der Waals surface area contributed by atoms with E-state index in [1.54, 1.807) is 0 Å². The van der Waals surface area contributed by atoms with Gasteiger partial charge >= 0.3 is 6.18 Å². The summed E-state index contributed by atoms with van der Waals surface area (Å²) < 4.78 is 110. The van der Waals surface area contributed by atoms with Gasteiger partial charge in [-0.15, -0.1) is 0 Å². The Bertz CT molecular complexity index is 1680. The number of carbonyl (C=O) groups is 2. The highest BCUT2D eigenvalue weighted by atomic mass is 19.4. The smallest absolute Gasteiger partial charge is 0.426 e. The molecule has 0 bridgehead atoms.